The van der Waals surface area contributed by atoms with Gasteiger partial charge in [0.1, 0.15) is 17.1 Å². The highest BCUT2D eigenvalue weighted by atomic mass is 16.3. The van der Waals surface area contributed by atoms with Crippen LogP contribution in [0.15, 0.2) is 71.6 Å². The van der Waals surface area contributed by atoms with Crippen LogP contribution in [0, 0.1) is 11.8 Å². The molecule has 3 rings (SSSR count). The third-order valence-electron chi connectivity index (χ3n) is 6.05. The summed E-state index contributed by atoms with van der Waals surface area (Å²) in [5.41, 5.74) is 2.36. The summed E-state index contributed by atoms with van der Waals surface area (Å²) in [5, 5.41) is 32.0. The van der Waals surface area contributed by atoms with Crippen LogP contribution >= 0.6 is 0 Å². The fourth-order valence-electron chi connectivity index (χ4n) is 4.31. The number of aromatic hydroxyl groups is 1. The van der Waals surface area contributed by atoms with E-state index in [1.54, 1.807) is 12.1 Å². The topological polar surface area (TPSA) is 60.7 Å². The summed E-state index contributed by atoms with van der Waals surface area (Å²) in [6.07, 6.45) is 10.8. The van der Waals surface area contributed by atoms with Crippen molar-refractivity contribution in [2.75, 3.05) is 0 Å². The minimum Gasteiger partial charge on any atom is -0.512 e. The Morgan fingerprint density at radius 2 is 1.89 bits per heavy atom. The maximum Gasteiger partial charge on any atom is 0.115 e. The summed E-state index contributed by atoms with van der Waals surface area (Å²) in [6, 6.07) is 7.16. The minimum absolute atomic E-state index is 0.116. The Labute approximate surface area is 162 Å². The van der Waals surface area contributed by atoms with E-state index in [4.69, 9.17) is 0 Å². The second kappa shape index (κ2) is 7.77. The standard InChI is InChI=1S/C24H30O3/c1-16(2)24(27)15-20(12-9-18-10-13-21(25)14-11-18)17(3)23(26)22(24)19-7-5-4-6-8-19/h5,7,10-11,13-15,19,22,25-27H,1,4,6,8-9,12H2,2-3H3. The molecule has 0 saturated carbocycles. The van der Waals surface area contributed by atoms with Crippen molar-refractivity contribution in [3.63, 3.8) is 0 Å². The number of phenols is 1. The van der Waals surface area contributed by atoms with Crippen LogP contribution in [0.25, 0.3) is 0 Å². The molecule has 2 aliphatic carbocycles. The smallest absolute Gasteiger partial charge is 0.115 e. The van der Waals surface area contributed by atoms with Crippen molar-refractivity contribution in [2.45, 2.75) is 51.6 Å². The van der Waals surface area contributed by atoms with E-state index in [2.05, 4.69) is 18.7 Å². The summed E-state index contributed by atoms with van der Waals surface area (Å²) in [5.74, 6) is 0.291. The lowest BCUT2D eigenvalue weighted by molar-refractivity contribution is 0.0317. The lowest BCUT2D eigenvalue weighted by atomic mass is 9.66. The van der Waals surface area contributed by atoms with Crippen molar-refractivity contribution in [3.8, 4) is 5.75 Å². The van der Waals surface area contributed by atoms with E-state index >= 15 is 0 Å². The maximum absolute atomic E-state index is 11.5. The molecule has 0 heterocycles. The van der Waals surface area contributed by atoms with Crippen LogP contribution < -0.4 is 0 Å². The molecule has 3 unspecified atom stereocenters. The third kappa shape index (κ3) is 3.89. The first-order valence-corrected chi connectivity index (χ1v) is 9.77. The molecule has 144 valence electrons. The average molecular weight is 367 g/mol. The Bertz CT molecular complexity index is 797. The molecule has 0 aliphatic heterocycles. The summed E-state index contributed by atoms with van der Waals surface area (Å²) in [4.78, 5) is 0. The molecular formula is C24H30O3. The lowest BCUT2D eigenvalue weighted by Gasteiger charge is -2.43. The zero-order valence-electron chi connectivity index (χ0n) is 16.3. The van der Waals surface area contributed by atoms with Gasteiger partial charge in [-0.15, -0.1) is 0 Å². The molecule has 2 aliphatic rings. The van der Waals surface area contributed by atoms with Crippen LogP contribution in [0.3, 0.4) is 0 Å². The largest absolute Gasteiger partial charge is 0.512 e. The second-order valence-electron chi connectivity index (χ2n) is 7.95. The molecule has 0 bridgehead atoms. The van der Waals surface area contributed by atoms with Crippen LogP contribution in [-0.4, -0.2) is 20.9 Å². The molecule has 0 fully saturated rings. The summed E-state index contributed by atoms with van der Waals surface area (Å²) >= 11 is 0. The van der Waals surface area contributed by atoms with Crippen molar-refractivity contribution in [1.82, 2.24) is 0 Å². The number of aryl methyl sites for hydroxylation is 1. The SMILES string of the molecule is C=C(C)C1(O)C=C(CCc2ccc(O)cc2)C(C)=C(O)C1C1C=CCCC1. The number of aliphatic hydroxyl groups excluding tert-OH is 1. The van der Waals surface area contributed by atoms with Crippen molar-refractivity contribution < 1.29 is 15.3 Å². The Morgan fingerprint density at radius 1 is 1.19 bits per heavy atom. The third-order valence-corrected chi connectivity index (χ3v) is 6.05. The zero-order valence-corrected chi connectivity index (χ0v) is 16.3. The molecule has 1 aromatic rings. The van der Waals surface area contributed by atoms with Crippen LogP contribution in [0.4, 0.5) is 0 Å². The van der Waals surface area contributed by atoms with Gasteiger partial charge in [0.25, 0.3) is 0 Å². The van der Waals surface area contributed by atoms with Crippen LogP contribution in [0.2, 0.25) is 0 Å². The Kier molecular flexibility index (Phi) is 5.61. The van der Waals surface area contributed by atoms with Gasteiger partial charge in [-0.05, 0) is 92.4 Å². The predicted molar refractivity (Wildman–Crippen MR) is 110 cm³/mol. The number of phenolic OH excluding ortho intramolecular Hbond substituents is 1. The molecule has 0 amide bonds. The van der Waals surface area contributed by atoms with E-state index in [-0.39, 0.29) is 17.6 Å². The number of rotatable bonds is 5. The van der Waals surface area contributed by atoms with Gasteiger partial charge in [-0.3, -0.25) is 0 Å². The van der Waals surface area contributed by atoms with Gasteiger partial charge in [-0.1, -0.05) is 30.9 Å². The average Bonchev–Trinajstić information content (AvgIpc) is 2.66. The second-order valence-corrected chi connectivity index (χ2v) is 7.95. The molecule has 1 aromatic carbocycles. The maximum atomic E-state index is 11.5. The monoisotopic (exact) mass is 366 g/mol. The van der Waals surface area contributed by atoms with Gasteiger partial charge in [0, 0.05) is 0 Å². The highest BCUT2D eigenvalue weighted by Crippen LogP contribution is 2.46. The molecule has 27 heavy (non-hydrogen) atoms. The van der Waals surface area contributed by atoms with Crippen LogP contribution in [0.5, 0.6) is 5.75 Å². The molecule has 0 aromatic heterocycles. The Balaban J connectivity index is 1.89. The molecule has 3 heteroatoms. The van der Waals surface area contributed by atoms with Crippen molar-refractivity contribution in [1.29, 1.82) is 0 Å². The summed E-state index contributed by atoms with van der Waals surface area (Å²) in [6.45, 7) is 7.81. The minimum atomic E-state index is -1.24. The van der Waals surface area contributed by atoms with Crippen molar-refractivity contribution in [3.05, 3.63) is 77.1 Å². The molecular weight excluding hydrogens is 336 g/mol. The van der Waals surface area contributed by atoms with E-state index < -0.39 is 5.60 Å². The predicted octanol–water partition coefficient (Wildman–Crippen LogP) is 5.38. The van der Waals surface area contributed by atoms with Gasteiger partial charge in [0.15, 0.2) is 0 Å². The van der Waals surface area contributed by atoms with E-state index in [0.717, 1.165) is 42.4 Å². The van der Waals surface area contributed by atoms with Gasteiger partial charge in [0.05, 0.1) is 5.92 Å². The molecule has 0 saturated heterocycles. The van der Waals surface area contributed by atoms with Crippen LogP contribution in [-0.2, 0) is 6.42 Å². The summed E-state index contributed by atoms with van der Waals surface area (Å²) < 4.78 is 0. The Morgan fingerprint density at radius 3 is 2.48 bits per heavy atom. The van der Waals surface area contributed by atoms with Gasteiger partial charge in [0.2, 0.25) is 0 Å². The number of hydrogen-bond donors (Lipinski definition) is 3. The van der Waals surface area contributed by atoms with Gasteiger partial charge in [-0.25, -0.2) is 0 Å². The quantitative estimate of drug-likeness (QED) is 0.613. The fraction of sp³-hybridized carbons (Fsp3) is 0.417. The fourth-order valence-corrected chi connectivity index (χ4v) is 4.31. The number of aliphatic hydroxyl groups is 2. The molecule has 0 spiro atoms. The highest BCUT2D eigenvalue weighted by Gasteiger charge is 2.46. The van der Waals surface area contributed by atoms with E-state index in [0.29, 0.717) is 17.8 Å². The summed E-state index contributed by atoms with van der Waals surface area (Å²) in [7, 11) is 0. The van der Waals surface area contributed by atoms with E-state index in [1.165, 1.54) is 0 Å². The van der Waals surface area contributed by atoms with Gasteiger partial charge >= 0.3 is 0 Å². The van der Waals surface area contributed by atoms with Crippen molar-refractivity contribution >= 4 is 0 Å². The molecule has 0 radical (unpaired) electrons. The highest BCUT2D eigenvalue weighted by molar-refractivity contribution is 5.46. The first-order chi connectivity index (χ1) is 12.8. The van der Waals surface area contributed by atoms with Crippen molar-refractivity contribution in [2.24, 2.45) is 11.8 Å². The normalized spacial score (nSPS) is 28.2. The van der Waals surface area contributed by atoms with E-state index in [9.17, 15) is 15.3 Å². The first-order valence-electron chi connectivity index (χ1n) is 9.77. The van der Waals surface area contributed by atoms with Gasteiger partial charge < -0.3 is 15.3 Å². The zero-order chi connectivity index (χ0) is 19.6. The van der Waals surface area contributed by atoms with E-state index in [1.807, 2.05) is 32.1 Å². The molecule has 3 nitrogen and oxygen atoms in total. The first kappa shape index (κ1) is 19.5. The molecule has 3 atom stereocenters. The molecule has 3 N–H and O–H groups in total. The van der Waals surface area contributed by atoms with Crippen LogP contribution in [0.1, 0.15) is 45.1 Å². The number of allylic oxidation sites excluding steroid dienone is 4. The Hall–Kier alpha value is -2.26. The number of hydrogen-bond acceptors (Lipinski definition) is 3. The number of benzene rings is 1. The van der Waals surface area contributed by atoms with Gasteiger partial charge in [-0.2, -0.15) is 0 Å². The lowest BCUT2D eigenvalue weighted by Crippen LogP contribution is -2.45.